The van der Waals surface area contributed by atoms with Gasteiger partial charge < -0.3 is 10.5 Å². The summed E-state index contributed by atoms with van der Waals surface area (Å²) in [5.41, 5.74) is 9.04. The average Bonchev–Trinajstić information content (AvgIpc) is 2.38. The van der Waals surface area contributed by atoms with Crippen molar-refractivity contribution >= 4 is 0 Å². The first-order chi connectivity index (χ1) is 8.48. The van der Waals surface area contributed by atoms with Crippen molar-refractivity contribution in [2.24, 2.45) is 5.73 Å². The van der Waals surface area contributed by atoms with Gasteiger partial charge in [0.1, 0.15) is 0 Å². The topological polar surface area (TPSA) is 35.2 Å². The van der Waals surface area contributed by atoms with Crippen molar-refractivity contribution < 1.29 is 4.74 Å². The Morgan fingerprint density at radius 1 is 1.17 bits per heavy atom. The highest BCUT2D eigenvalue weighted by Crippen LogP contribution is 2.27. The van der Waals surface area contributed by atoms with E-state index in [-0.39, 0.29) is 17.6 Å². The van der Waals surface area contributed by atoms with Gasteiger partial charge in [-0.3, -0.25) is 0 Å². The molecular formula is C16H25NO. The van der Waals surface area contributed by atoms with Gasteiger partial charge in [0.25, 0.3) is 0 Å². The Balaban J connectivity index is 2.09. The third-order valence-electron chi connectivity index (χ3n) is 3.78. The van der Waals surface area contributed by atoms with Crippen LogP contribution in [0, 0.1) is 0 Å². The van der Waals surface area contributed by atoms with Crippen LogP contribution in [0.2, 0.25) is 0 Å². The SMILES string of the molecule is CC(C)(C)c1ccc(C(N)C2CCCCO2)cc1. The van der Waals surface area contributed by atoms with E-state index in [9.17, 15) is 0 Å². The van der Waals surface area contributed by atoms with Gasteiger partial charge in [-0.05, 0) is 35.8 Å². The number of ether oxygens (including phenoxy) is 1. The zero-order valence-electron chi connectivity index (χ0n) is 11.8. The fraction of sp³-hybridized carbons (Fsp3) is 0.625. The zero-order chi connectivity index (χ0) is 13.2. The minimum absolute atomic E-state index is 0.0133. The van der Waals surface area contributed by atoms with Gasteiger partial charge in [-0.1, -0.05) is 45.0 Å². The highest BCUT2D eigenvalue weighted by atomic mass is 16.5. The molecule has 0 aromatic heterocycles. The summed E-state index contributed by atoms with van der Waals surface area (Å²) in [5.74, 6) is 0. The fourth-order valence-electron chi connectivity index (χ4n) is 2.47. The summed E-state index contributed by atoms with van der Waals surface area (Å²) in [6.45, 7) is 7.54. The van der Waals surface area contributed by atoms with Crippen LogP contribution in [0.5, 0.6) is 0 Å². The maximum absolute atomic E-state index is 6.30. The molecule has 2 nitrogen and oxygen atoms in total. The molecule has 1 aliphatic rings. The predicted molar refractivity (Wildman–Crippen MR) is 75.7 cm³/mol. The van der Waals surface area contributed by atoms with Gasteiger partial charge in [-0.25, -0.2) is 0 Å². The van der Waals surface area contributed by atoms with Crippen molar-refractivity contribution in [1.82, 2.24) is 0 Å². The second-order valence-electron chi connectivity index (χ2n) is 6.30. The molecular weight excluding hydrogens is 222 g/mol. The molecule has 0 amide bonds. The standard InChI is InChI=1S/C16H25NO/c1-16(2,3)13-9-7-12(8-10-13)15(17)14-6-4-5-11-18-14/h7-10,14-15H,4-6,11,17H2,1-3H3. The molecule has 1 aliphatic heterocycles. The molecule has 2 rings (SSSR count). The predicted octanol–water partition coefficient (Wildman–Crippen LogP) is 3.55. The summed E-state index contributed by atoms with van der Waals surface area (Å²) in [4.78, 5) is 0. The van der Waals surface area contributed by atoms with Gasteiger partial charge in [-0.2, -0.15) is 0 Å². The second kappa shape index (κ2) is 5.41. The fourth-order valence-corrected chi connectivity index (χ4v) is 2.47. The number of hydrogen-bond acceptors (Lipinski definition) is 2. The molecule has 0 radical (unpaired) electrons. The molecule has 2 atom stereocenters. The first kappa shape index (κ1) is 13.6. The second-order valence-corrected chi connectivity index (χ2v) is 6.30. The minimum Gasteiger partial charge on any atom is -0.376 e. The van der Waals surface area contributed by atoms with Crippen molar-refractivity contribution in [3.63, 3.8) is 0 Å². The largest absolute Gasteiger partial charge is 0.376 e. The van der Waals surface area contributed by atoms with Crippen LogP contribution in [0.1, 0.15) is 57.2 Å². The first-order valence-electron chi connectivity index (χ1n) is 6.96. The first-order valence-corrected chi connectivity index (χ1v) is 6.96. The monoisotopic (exact) mass is 247 g/mol. The molecule has 1 saturated heterocycles. The minimum atomic E-state index is 0.0133. The molecule has 2 unspecified atom stereocenters. The van der Waals surface area contributed by atoms with E-state index >= 15 is 0 Å². The molecule has 0 aliphatic carbocycles. The van der Waals surface area contributed by atoms with Crippen LogP contribution < -0.4 is 5.73 Å². The smallest absolute Gasteiger partial charge is 0.0767 e. The lowest BCUT2D eigenvalue weighted by Crippen LogP contribution is -2.31. The quantitative estimate of drug-likeness (QED) is 0.867. The van der Waals surface area contributed by atoms with Crippen LogP contribution in [-0.2, 0) is 10.2 Å². The van der Waals surface area contributed by atoms with Gasteiger partial charge in [0.15, 0.2) is 0 Å². The Hall–Kier alpha value is -0.860. The zero-order valence-corrected chi connectivity index (χ0v) is 11.8. The Bertz CT molecular complexity index is 371. The van der Waals surface area contributed by atoms with Crippen LogP contribution in [0.15, 0.2) is 24.3 Å². The van der Waals surface area contributed by atoms with E-state index in [1.165, 1.54) is 24.0 Å². The Kier molecular flexibility index (Phi) is 4.08. The maximum atomic E-state index is 6.30. The molecule has 0 bridgehead atoms. The Morgan fingerprint density at radius 3 is 2.33 bits per heavy atom. The summed E-state index contributed by atoms with van der Waals surface area (Å²) in [6, 6.07) is 8.71. The molecule has 0 spiro atoms. The van der Waals surface area contributed by atoms with E-state index in [2.05, 4.69) is 45.0 Å². The molecule has 1 heterocycles. The van der Waals surface area contributed by atoms with Crippen molar-refractivity contribution in [3.05, 3.63) is 35.4 Å². The van der Waals surface area contributed by atoms with E-state index < -0.39 is 0 Å². The van der Waals surface area contributed by atoms with Crippen molar-refractivity contribution in [1.29, 1.82) is 0 Å². The lowest BCUT2D eigenvalue weighted by Gasteiger charge is -2.28. The van der Waals surface area contributed by atoms with Crippen LogP contribution in [0.3, 0.4) is 0 Å². The van der Waals surface area contributed by atoms with Crippen molar-refractivity contribution in [2.45, 2.75) is 57.6 Å². The van der Waals surface area contributed by atoms with Crippen LogP contribution in [-0.4, -0.2) is 12.7 Å². The lowest BCUT2D eigenvalue weighted by molar-refractivity contribution is 0.00000938. The van der Waals surface area contributed by atoms with Gasteiger partial charge in [0, 0.05) is 6.61 Å². The van der Waals surface area contributed by atoms with Gasteiger partial charge in [0.2, 0.25) is 0 Å². The average molecular weight is 247 g/mol. The lowest BCUT2D eigenvalue weighted by atomic mass is 9.85. The van der Waals surface area contributed by atoms with Crippen molar-refractivity contribution in [2.75, 3.05) is 6.61 Å². The molecule has 1 aromatic carbocycles. The summed E-state index contributed by atoms with van der Waals surface area (Å²) in [7, 11) is 0. The molecule has 0 saturated carbocycles. The Labute approximate surface area is 111 Å². The summed E-state index contributed by atoms with van der Waals surface area (Å²) in [6.07, 6.45) is 3.69. The summed E-state index contributed by atoms with van der Waals surface area (Å²) >= 11 is 0. The number of benzene rings is 1. The Morgan fingerprint density at radius 2 is 1.83 bits per heavy atom. The summed E-state index contributed by atoms with van der Waals surface area (Å²) in [5, 5.41) is 0. The van der Waals surface area contributed by atoms with E-state index in [1.807, 2.05) is 0 Å². The molecule has 100 valence electrons. The number of hydrogen-bond donors (Lipinski definition) is 1. The van der Waals surface area contributed by atoms with E-state index in [0.29, 0.717) is 0 Å². The molecule has 1 aromatic rings. The highest BCUT2D eigenvalue weighted by Gasteiger charge is 2.23. The third kappa shape index (κ3) is 3.12. The third-order valence-corrected chi connectivity index (χ3v) is 3.78. The van der Waals surface area contributed by atoms with Crippen LogP contribution >= 0.6 is 0 Å². The normalized spacial score (nSPS) is 22.8. The number of nitrogens with two attached hydrogens (primary N) is 1. The van der Waals surface area contributed by atoms with E-state index in [1.54, 1.807) is 0 Å². The van der Waals surface area contributed by atoms with Crippen molar-refractivity contribution in [3.8, 4) is 0 Å². The van der Waals surface area contributed by atoms with Gasteiger partial charge >= 0.3 is 0 Å². The van der Waals surface area contributed by atoms with Gasteiger partial charge in [0.05, 0.1) is 12.1 Å². The van der Waals surface area contributed by atoms with Crippen LogP contribution in [0.25, 0.3) is 0 Å². The van der Waals surface area contributed by atoms with E-state index in [4.69, 9.17) is 10.5 Å². The molecule has 18 heavy (non-hydrogen) atoms. The summed E-state index contributed by atoms with van der Waals surface area (Å²) < 4.78 is 5.77. The molecule has 2 N–H and O–H groups in total. The van der Waals surface area contributed by atoms with E-state index in [0.717, 1.165) is 13.0 Å². The molecule has 1 fully saturated rings. The van der Waals surface area contributed by atoms with Gasteiger partial charge in [-0.15, -0.1) is 0 Å². The number of rotatable bonds is 2. The highest BCUT2D eigenvalue weighted by molar-refractivity contribution is 5.29. The van der Waals surface area contributed by atoms with Crippen LogP contribution in [0.4, 0.5) is 0 Å². The maximum Gasteiger partial charge on any atom is 0.0767 e. The molecule has 2 heteroatoms.